The number of aliphatic hydroxyl groups excluding tert-OH is 2. The van der Waals surface area contributed by atoms with Crippen molar-refractivity contribution in [2.75, 3.05) is 13.2 Å². The molecule has 0 aromatic carbocycles. The topological polar surface area (TPSA) is 95.9 Å². The number of amides is 1. The van der Waals surface area contributed by atoms with E-state index < -0.39 is 12.1 Å². The van der Waals surface area contributed by atoms with Gasteiger partial charge in [0.25, 0.3) is 0 Å². The van der Waals surface area contributed by atoms with Crippen molar-refractivity contribution in [3.63, 3.8) is 0 Å². The number of carbonyl (C=O) groups excluding carboxylic acids is 2. The molecule has 3 N–H and O–H groups in total. The highest BCUT2D eigenvalue weighted by Crippen LogP contribution is 2.19. The predicted octanol–water partition coefficient (Wildman–Crippen LogP) is 22.8. The Morgan fingerprint density at radius 2 is 0.623 bits per heavy atom. The Balaban J connectivity index is 3.32. The number of rotatable bonds is 67. The van der Waals surface area contributed by atoms with Crippen molar-refractivity contribution in [3.8, 4) is 0 Å². The molecule has 6 heteroatoms. The molecule has 77 heavy (non-hydrogen) atoms. The lowest BCUT2D eigenvalue weighted by Crippen LogP contribution is -2.45. The Morgan fingerprint density at radius 1 is 0.351 bits per heavy atom. The highest BCUT2D eigenvalue weighted by molar-refractivity contribution is 5.76. The molecule has 0 bridgehead atoms. The van der Waals surface area contributed by atoms with Crippen molar-refractivity contribution in [2.45, 2.75) is 418 Å². The van der Waals surface area contributed by atoms with Gasteiger partial charge in [-0.25, -0.2) is 0 Å². The first-order valence-corrected chi connectivity index (χ1v) is 35.4. The fraction of sp³-hybridized carbons (Fsp3) is 0.944. The van der Waals surface area contributed by atoms with Gasteiger partial charge in [-0.05, 0) is 44.9 Å². The van der Waals surface area contributed by atoms with Crippen LogP contribution in [0.3, 0.4) is 0 Å². The lowest BCUT2D eigenvalue weighted by molar-refractivity contribution is -0.143. The van der Waals surface area contributed by atoms with Crippen LogP contribution in [0.5, 0.6) is 0 Å². The van der Waals surface area contributed by atoms with E-state index in [1.807, 2.05) is 0 Å². The molecule has 6 nitrogen and oxygen atoms in total. The van der Waals surface area contributed by atoms with E-state index in [1.54, 1.807) is 0 Å². The van der Waals surface area contributed by atoms with Crippen molar-refractivity contribution in [1.82, 2.24) is 5.32 Å². The van der Waals surface area contributed by atoms with E-state index in [1.165, 1.54) is 327 Å². The fourth-order valence-electron chi connectivity index (χ4n) is 11.4. The standard InChI is InChI=1S/C71H139NO5/c1-3-5-7-9-11-13-15-16-17-34-37-40-44-47-51-55-59-63-69(74)68(67-73)72-70(75)64-60-56-52-48-45-41-38-35-32-30-28-26-24-22-20-18-19-21-23-25-27-29-31-33-36-39-42-46-50-54-58-62-66-77-71(76)65-61-57-53-49-43-14-12-10-8-6-4-2/h10,12,68-69,73-74H,3-9,11,13-67H2,1-2H3,(H,72,75)/b12-10-. The third kappa shape index (κ3) is 63.6. The first-order valence-electron chi connectivity index (χ1n) is 35.4. The predicted molar refractivity (Wildman–Crippen MR) is 338 cm³/mol. The number of carbonyl (C=O) groups is 2. The van der Waals surface area contributed by atoms with Crippen LogP contribution in [0.4, 0.5) is 0 Å². The van der Waals surface area contributed by atoms with Crippen LogP contribution in [0.2, 0.25) is 0 Å². The molecule has 0 aromatic rings. The molecule has 2 unspecified atom stereocenters. The lowest BCUT2D eigenvalue weighted by Gasteiger charge is -2.22. The zero-order valence-corrected chi connectivity index (χ0v) is 52.5. The first kappa shape index (κ1) is 75.6. The van der Waals surface area contributed by atoms with Gasteiger partial charge in [0.2, 0.25) is 5.91 Å². The van der Waals surface area contributed by atoms with Crippen molar-refractivity contribution < 1.29 is 24.5 Å². The van der Waals surface area contributed by atoms with E-state index in [9.17, 15) is 19.8 Å². The maximum absolute atomic E-state index is 12.5. The van der Waals surface area contributed by atoms with Crippen LogP contribution in [0, 0.1) is 0 Å². The van der Waals surface area contributed by atoms with Crippen LogP contribution in [0.1, 0.15) is 406 Å². The molecule has 0 heterocycles. The lowest BCUT2D eigenvalue weighted by atomic mass is 10.0. The molecule has 0 aliphatic rings. The van der Waals surface area contributed by atoms with Crippen LogP contribution in [-0.4, -0.2) is 47.4 Å². The molecule has 0 fully saturated rings. The minimum Gasteiger partial charge on any atom is -0.466 e. The fourth-order valence-corrected chi connectivity index (χ4v) is 11.4. The molecule has 0 rings (SSSR count). The Bertz CT molecular complexity index is 1160. The number of esters is 1. The van der Waals surface area contributed by atoms with E-state index in [0.29, 0.717) is 25.9 Å². The van der Waals surface area contributed by atoms with Crippen LogP contribution >= 0.6 is 0 Å². The van der Waals surface area contributed by atoms with E-state index in [-0.39, 0.29) is 18.5 Å². The summed E-state index contributed by atoms with van der Waals surface area (Å²) in [6.07, 6.45) is 82.7. The number of ether oxygens (including phenoxy) is 1. The van der Waals surface area contributed by atoms with Gasteiger partial charge in [-0.2, -0.15) is 0 Å². The van der Waals surface area contributed by atoms with E-state index in [0.717, 1.165) is 44.9 Å². The van der Waals surface area contributed by atoms with Crippen LogP contribution < -0.4 is 5.32 Å². The largest absolute Gasteiger partial charge is 0.466 e. The molecule has 0 aromatic heterocycles. The zero-order valence-electron chi connectivity index (χ0n) is 52.5. The molecule has 0 saturated carbocycles. The second-order valence-electron chi connectivity index (χ2n) is 24.6. The quantitative estimate of drug-likeness (QED) is 0.0320. The van der Waals surface area contributed by atoms with Gasteiger partial charge in [-0.1, -0.05) is 360 Å². The summed E-state index contributed by atoms with van der Waals surface area (Å²) in [5.41, 5.74) is 0. The minimum absolute atomic E-state index is 0.0108. The highest BCUT2D eigenvalue weighted by atomic mass is 16.5. The van der Waals surface area contributed by atoms with Gasteiger partial charge < -0.3 is 20.3 Å². The average molecular weight is 1090 g/mol. The van der Waals surface area contributed by atoms with Crippen LogP contribution in [0.25, 0.3) is 0 Å². The summed E-state index contributed by atoms with van der Waals surface area (Å²) < 4.78 is 5.47. The van der Waals surface area contributed by atoms with E-state index in [4.69, 9.17) is 4.74 Å². The van der Waals surface area contributed by atoms with Gasteiger partial charge >= 0.3 is 5.97 Å². The van der Waals surface area contributed by atoms with Gasteiger partial charge in [0.15, 0.2) is 0 Å². The van der Waals surface area contributed by atoms with Gasteiger partial charge in [0, 0.05) is 12.8 Å². The van der Waals surface area contributed by atoms with E-state index in [2.05, 4.69) is 31.3 Å². The molecule has 0 radical (unpaired) electrons. The molecule has 0 spiro atoms. The number of aliphatic hydroxyl groups is 2. The Kier molecular flexibility index (Phi) is 65.9. The van der Waals surface area contributed by atoms with Gasteiger partial charge in [0.1, 0.15) is 0 Å². The Labute approximate surface area is 482 Å². The normalized spacial score (nSPS) is 12.5. The number of allylic oxidation sites excluding steroid dienone is 2. The Morgan fingerprint density at radius 3 is 0.961 bits per heavy atom. The van der Waals surface area contributed by atoms with E-state index >= 15 is 0 Å². The summed E-state index contributed by atoms with van der Waals surface area (Å²) in [6.45, 7) is 4.96. The Hall–Kier alpha value is -1.40. The summed E-state index contributed by atoms with van der Waals surface area (Å²) in [6, 6.07) is -0.537. The third-order valence-electron chi connectivity index (χ3n) is 16.8. The molecule has 1 amide bonds. The SMILES string of the molecule is CCCC/C=C\CCCCCCCC(=O)OCCCCCCCCCCCCCCCCCCCCCCCCCCCCCCCCCCC(=O)NC(CO)C(O)CCCCCCCCCCCCCCCCCCC. The molecular weight excluding hydrogens is 947 g/mol. The molecule has 0 aliphatic carbocycles. The second kappa shape index (κ2) is 67.1. The maximum atomic E-state index is 12.5. The van der Waals surface area contributed by atoms with Crippen LogP contribution in [0.15, 0.2) is 12.2 Å². The van der Waals surface area contributed by atoms with Gasteiger partial charge in [-0.15, -0.1) is 0 Å². The highest BCUT2D eigenvalue weighted by Gasteiger charge is 2.20. The number of hydrogen-bond acceptors (Lipinski definition) is 5. The van der Waals surface area contributed by atoms with Crippen molar-refractivity contribution in [1.29, 1.82) is 0 Å². The monoisotopic (exact) mass is 1090 g/mol. The summed E-state index contributed by atoms with van der Waals surface area (Å²) >= 11 is 0. The van der Waals surface area contributed by atoms with Crippen LogP contribution in [-0.2, 0) is 14.3 Å². The van der Waals surface area contributed by atoms with Crippen molar-refractivity contribution in [2.24, 2.45) is 0 Å². The zero-order chi connectivity index (χ0) is 55.7. The molecule has 458 valence electrons. The molecule has 2 atom stereocenters. The summed E-state index contributed by atoms with van der Waals surface area (Å²) in [5.74, 6) is -0.0156. The maximum Gasteiger partial charge on any atom is 0.305 e. The van der Waals surface area contributed by atoms with Gasteiger partial charge in [-0.3, -0.25) is 9.59 Å². The number of nitrogens with one attached hydrogen (secondary N) is 1. The number of unbranched alkanes of at least 4 members (excludes halogenated alkanes) is 54. The number of hydrogen-bond donors (Lipinski definition) is 3. The third-order valence-corrected chi connectivity index (χ3v) is 16.8. The molecule has 0 saturated heterocycles. The smallest absolute Gasteiger partial charge is 0.305 e. The summed E-state index contributed by atoms with van der Waals surface area (Å²) in [5, 5.41) is 23.4. The summed E-state index contributed by atoms with van der Waals surface area (Å²) in [7, 11) is 0. The minimum atomic E-state index is -0.660. The summed E-state index contributed by atoms with van der Waals surface area (Å²) in [4.78, 5) is 24.5. The molecule has 0 aliphatic heterocycles. The average Bonchev–Trinajstić information content (AvgIpc) is 3.43. The first-order chi connectivity index (χ1) is 38.0. The second-order valence-corrected chi connectivity index (χ2v) is 24.6. The van der Waals surface area contributed by atoms with Crippen molar-refractivity contribution in [3.05, 3.63) is 12.2 Å². The van der Waals surface area contributed by atoms with Gasteiger partial charge in [0.05, 0.1) is 25.4 Å². The van der Waals surface area contributed by atoms with Crippen molar-refractivity contribution >= 4 is 11.9 Å². The molecular formula is C71H139NO5.